The summed E-state index contributed by atoms with van der Waals surface area (Å²) in [5.41, 5.74) is 0. The minimum atomic E-state index is -0.871. The molecule has 0 saturated carbocycles. The van der Waals surface area contributed by atoms with Crippen LogP contribution in [0.4, 0.5) is 0 Å². The molecule has 0 aliphatic rings. The van der Waals surface area contributed by atoms with E-state index in [9.17, 15) is 15.0 Å². The van der Waals surface area contributed by atoms with Gasteiger partial charge >= 0.3 is 0 Å². The van der Waals surface area contributed by atoms with Gasteiger partial charge in [-0.15, -0.1) is 0 Å². The summed E-state index contributed by atoms with van der Waals surface area (Å²) >= 11 is 0. The van der Waals surface area contributed by atoms with Crippen molar-refractivity contribution in [3.05, 3.63) is 158 Å². The number of unbranched alkanes of at least 4 members (excludes halogenated alkanes) is 25. The maximum atomic E-state index is 12.5. The van der Waals surface area contributed by atoms with Gasteiger partial charge in [-0.05, 0) is 109 Å². The highest BCUT2D eigenvalue weighted by molar-refractivity contribution is 5.76. The second-order valence-corrected chi connectivity index (χ2v) is 20.7. The molecular weight excluding hydrogens is 927 g/mol. The molecule has 0 fully saturated rings. The third-order valence-electron chi connectivity index (χ3n) is 13.5. The molecular formula is C72H119NO3. The molecule has 0 radical (unpaired) electrons. The minimum absolute atomic E-state index is 0.110. The summed E-state index contributed by atoms with van der Waals surface area (Å²) < 4.78 is 0. The van der Waals surface area contributed by atoms with Crippen LogP contribution in [0.2, 0.25) is 0 Å². The highest BCUT2D eigenvalue weighted by atomic mass is 16.3. The fourth-order valence-corrected chi connectivity index (χ4v) is 8.75. The average Bonchev–Trinajstić information content (AvgIpc) is 3.42. The van der Waals surface area contributed by atoms with E-state index in [1.807, 2.05) is 6.08 Å². The van der Waals surface area contributed by atoms with E-state index in [0.29, 0.717) is 6.42 Å². The van der Waals surface area contributed by atoms with Gasteiger partial charge in [-0.2, -0.15) is 0 Å². The lowest BCUT2D eigenvalue weighted by Crippen LogP contribution is -2.45. The fraction of sp³-hybridized carbons (Fsp3) is 0.625. The lowest BCUT2D eigenvalue weighted by atomic mass is 10.0. The molecule has 0 aliphatic carbocycles. The highest BCUT2D eigenvalue weighted by Crippen LogP contribution is 2.16. The molecule has 76 heavy (non-hydrogen) atoms. The van der Waals surface area contributed by atoms with Crippen molar-refractivity contribution in [3.8, 4) is 0 Å². The largest absolute Gasteiger partial charge is 0.394 e. The number of aliphatic hydroxyl groups is 2. The van der Waals surface area contributed by atoms with Crippen molar-refractivity contribution in [2.45, 2.75) is 283 Å². The van der Waals surface area contributed by atoms with Crippen LogP contribution in [0.5, 0.6) is 0 Å². The number of nitrogens with one attached hydrogen (secondary N) is 1. The lowest BCUT2D eigenvalue weighted by Gasteiger charge is -2.19. The summed E-state index contributed by atoms with van der Waals surface area (Å²) in [5.74, 6) is -0.110. The Morgan fingerprint density at radius 1 is 0.329 bits per heavy atom. The highest BCUT2D eigenvalue weighted by Gasteiger charge is 2.18. The second kappa shape index (κ2) is 65.3. The van der Waals surface area contributed by atoms with Crippen LogP contribution in [0.15, 0.2) is 158 Å². The van der Waals surface area contributed by atoms with Gasteiger partial charge < -0.3 is 15.5 Å². The SMILES string of the molecule is CC/C=C\C/C=C\C/C=C\C/C=C\C/C=C\C/C=C\C/C=C\C/C=C\C/C=C\C/C=C\C/C=C\C/C=C\CCCCC(=O)NC(CO)C(O)/C=C/CCCCCCCCCCCCCCCCCCCCCCCCC. The molecule has 0 bridgehead atoms. The smallest absolute Gasteiger partial charge is 0.220 e. The summed E-state index contributed by atoms with van der Waals surface area (Å²) in [6.45, 7) is 4.19. The number of carbonyl (C=O) groups excluding carboxylic acids is 1. The molecule has 0 heterocycles. The molecule has 0 saturated heterocycles. The molecule has 0 aromatic carbocycles. The van der Waals surface area contributed by atoms with Crippen LogP contribution < -0.4 is 5.32 Å². The molecule has 430 valence electrons. The van der Waals surface area contributed by atoms with Crippen LogP contribution in [0.3, 0.4) is 0 Å². The number of allylic oxidation sites excluding steroid dienone is 25. The topological polar surface area (TPSA) is 69.6 Å². The van der Waals surface area contributed by atoms with E-state index in [-0.39, 0.29) is 12.5 Å². The maximum absolute atomic E-state index is 12.5. The number of hydrogen-bond acceptors (Lipinski definition) is 3. The summed E-state index contributed by atoms with van der Waals surface area (Å²) in [7, 11) is 0. The van der Waals surface area contributed by atoms with Gasteiger partial charge in [-0.3, -0.25) is 4.79 Å². The summed E-state index contributed by atoms with van der Waals surface area (Å²) in [4.78, 5) is 12.5. The Morgan fingerprint density at radius 2 is 0.579 bits per heavy atom. The first-order valence-corrected chi connectivity index (χ1v) is 31.7. The normalized spacial score (nSPS) is 13.9. The molecule has 0 rings (SSSR count). The first kappa shape index (κ1) is 72.0. The van der Waals surface area contributed by atoms with Gasteiger partial charge in [0.1, 0.15) is 0 Å². The fourth-order valence-electron chi connectivity index (χ4n) is 8.75. The standard InChI is InChI=1S/C72H119NO3/c1-3-5-7-9-11-13-15-17-19-21-23-25-27-29-30-31-32-33-34-35-36-37-38-39-40-41-42-44-46-48-50-52-54-56-58-60-62-64-66-68-72(76)73-70(69-74)71(75)67-65-63-61-59-57-55-53-51-49-47-45-43-28-26-24-22-20-18-16-14-12-10-8-6-4-2/h5,7,11,13,17,19,23,25,29-30,32-33,35-36,38-39,41-42,46,48,52,54,58,60,65,67,70-71,74-75H,3-4,6,8-10,12,14-16,18,20-22,24,26-28,31,34,37,40,43-45,47,49-51,53,55-57,59,61-64,66,68-69H2,1-2H3,(H,73,76)/b7-5-,13-11-,19-17-,25-23-,30-29-,33-32-,36-35-,39-38-,42-41-,48-46-,54-52-,60-58-,67-65+. The molecule has 4 nitrogen and oxygen atoms in total. The first-order valence-electron chi connectivity index (χ1n) is 31.7. The van der Waals surface area contributed by atoms with E-state index in [2.05, 4.69) is 165 Å². The predicted molar refractivity (Wildman–Crippen MR) is 340 cm³/mol. The quantitative estimate of drug-likeness (QED) is 0.0420. The van der Waals surface area contributed by atoms with Crippen molar-refractivity contribution in [2.24, 2.45) is 0 Å². The molecule has 0 aliphatic heterocycles. The summed E-state index contributed by atoms with van der Waals surface area (Å²) in [5, 5.41) is 23.2. The second-order valence-electron chi connectivity index (χ2n) is 20.7. The summed E-state index contributed by atoms with van der Waals surface area (Å²) in [6, 6.07) is -0.659. The van der Waals surface area contributed by atoms with Crippen LogP contribution >= 0.6 is 0 Å². The van der Waals surface area contributed by atoms with Crippen LogP contribution in [-0.2, 0) is 4.79 Å². The van der Waals surface area contributed by atoms with Gasteiger partial charge in [0.05, 0.1) is 18.8 Å². The summed E-state index contributed by atoms with van der Waals surface area (Å²) in [6.07, 6.45) is 104. The lowest BCUT2D eigenvalue weighted by molar-refractivity contribution is -0.123. The van der Waals surface area contributed by atoms with Crippen molar-refractivity contribution in [3.63, 3.8) is 0 Å². The third-order valence-corrected chi connectivity index (χ3v) is 13.5. The van der Waals surface area contributed by atoms with Gasteiger partial charge in [-0.25, -0.2) is 0 Å². The number of aliphatic hydroxyl groups excluding tert-OH is 2. The van der Waals surface area contributed by atoms with Crippen LogP contribution in [-0.4, -0.2) is 34.9 Å². The van der Waals surface area contributed by atoms with Crippen LogP contribution in [0, 0.1) is 0 Å². The van der Waals surface area contributed by atoms with Crippen LogP contribution in [0.25, 0.3) is 0 Å². The van der Waals surface area contributed by atoms with Gasteiger partial charge in [-0.1, -0.05) is 313 Å². The van der Waals surface area contributed by atoms with Crippen molar-refractivity contribution in [1.29, 1.82) is 0 Å². The third kappa shape index (κ3) is 60.9. The minimum Gasteiger partial charge on any atom is -0.394 e. The zero-order chi connectivity index (χ0) is 54.8. The first-order chi connectivity index (χ1) is 37.7. The zero-order valence-electron chi connectivity index (χ0n) is 49.5. The van der Waals surface area contributed by atoms with Crippen molar-refractivity contribution >= 4 is 5.91 Å². The number of carbonyl (C=O) groups is 1. The predicted octanol–water partition coefficient (Wildman–Crippen LogP) is 21.7. The van der Waals surface area contributed by atoms with Crippen LogP contribution in [0.1, 0.15) is 271 Å². The van der Waals surface area contributed by atoms with Gasteiger partial charge in [0, 0.05) is 6.42 Å². The monoisotopic (exact) mass is 1050 g/mol. The molecule has 2 atom stereocenters. The van der Waals surface area contributed by atoms with Crippen molar-refractivity contribution in [1.82, 2.24) is 5.32 Å². The van der Waals surface area contributed by atoms with Crippen molar-refractivity contribution in [2.75, 3.05) is 6.61 Å². The van der Waals surface area contributed by atoms with Crippen molar-refractivity contribution < 1.29 is 15.0 Å². The van der Waals surface area contributed by atoms with E-state index >= 15 is 0 Å². The molecule has 3 N–H and O–H groups in total. The van der Waals surface area contributed by atoms with Gasteiger partial charge in [0.25, 0.3) is 0 Å². The van der Waals surface area contributed by atoms with E-state index in [1.165, 1.54) is 141 Å². The number of rotatable bonds is 56. The Bertz CT molecular complexity index is 1610. The Hall–Kier alpha value is -3.99. The van der Waals surface area contributed by atoms with E-state index in [0.717, 1.165) is 109 Å². The van der Waals surface area contributed by atoms with Gasteiger partial charge in [0.15, 0.2) is 0 Å². The van der Waals surface area contributed by atoms with Gasteiger partial charge in [0.2, 0.25) is 5.91 Å². The molecule has 2 unspecified atom stereocenters. The number of amides is 1. The van der Waals surface area contributed by atoms with E-state index < -0.39 is 12.1 Å². The Labute approximate surface area is 471 Å². The van der Waals surface area contributed by atoms with E-state index in [4.69, 9.17) is 0 Å². The Kier molecular flexibility index (Phi) is 61.9. The molecule has 0 aromatic rings. The average molecular weight is 1050 g/mol. The Balaban J connectivity index is 3.69. The van der Waals surface area contributed by atoms with E-state index in [1.54, 1.807) is 6.08 Å². The zero-order valence-corrected chi connectivity index (χ0v) is 49.5. The maximum Gasteiger partial charge on any atom is 0.220 e. The molecule has 1 amide bonds. The number of hydrogen-bond donors (Lipinski definition) is 3. The Morgan fingerprint density at radius 3 is 0.868 bits per heavy atom. The molecule has 0 spiro atoms. The molecule has 4 heteroatoms. The molecule has 0 aromatic heterocycles.